The number of ether oxygens (including phenoxy) is 10. The van der Waals surface area contributed by atoms with E-state index in [-0.39, 0.29) is 47.7 Å². The van der Waals surface area contributed by atoms with Crippen molar-refractivity contribution in [3.05, 3.63) is 11.6 Å². The lowest BCUT2D eigenvalue weighted by Gasteiger charge is -2.71. The Morgan fingerprint density at radius 1 is 0.536 bits per heavy atom. The maximum atomic E-state index is 12.9. The van der Waals surface area contributed by atoms with E-state index in [1.165, 1.54) is 0 Å². The molecule has 0 aromatic heterocycles. The molecule has 0 amide bonds. The van der Waals surface area contributed by atoms with E-state index in [1.54, 1.807) is 0 Å². The van der Waals surface area contributed by atoms with Gasteiger partial charge < -0.3 is 129 Å². The predicted octanol–water partition coefficient (Wildman–Crippen LogP) is -3.10. The summed E-state index contributed by atoms with van der Waals surface area (Å²) < 4.78 is 60.1. The van der Waals surface area contributed by atoms with Gasteiger partial charge in [0.2, 0.25) is 0 Å². The van der Waals surface area contributed by atoms with Gasteiger partial charge in [-0.1, -0.05) is 46.3 Å². The number of aliphatic hydroxyl groups is 16. The summed E-state index contributed by atoms with van der Waals surface area (Å²) >= 11 is 0. The monoisotopic (exact) mass is 1210 g/mol. The molecule has 4 aliphatic carbocycles. The lowest BCUT2D eigenvalue weighted by Crippen LogP contribution is -2.68. The van der Waals surface area contributed by atoms with Crippen LogP contribution in [0.25, 0.3) is 0 Å². The van der Waals surface area contributed by atoms with Crippen LogP contribution in [0, 0.1) is 45.3 Å². The maximum absolute atomic E-state index is 12.9. The Balaban J connectivity index is 0.895. The zero-order chi connectivity index (χ0) is 61.5. The maximum Gasteiger partial charge on any atom is 0.190 e. The molecule has 0 spiro atoms. The van der Waals surface area contributed by atoms with E-state index in [0.29, 0.717) is 38.5 Å². The van der Waals surface area contributed by atoms with E-state index in [1.807, 2.05) is 20.8 Å². The first-order valence-corrected chi connectivity index (χ1v) is 30.2. The van der Waals surface area contributed by atoms with Crippen LogP contribution >= 0.6 is 0 Å². The van der Waals surface area contributed by atoms with E-state index < -0.39 is 190 Å². The predicted molar refractivity (Wildman–Crippen MR) is 287 cm³/mol. The number of hydrogen-bond acceptors (Lipinski definition) is 26. The second-order valence-electron chi connectivity index (χ2n) is 27.7. The fourth-order valence-corrected chi connectivity index (χ4v) is 17.2. The molecule has 486 valence electrons. The highest BCUT2D eigenvalue weighted by molar-refractivity contribution is 5.21. The minimum atomic E-state index is -1.81. The van der Waals surface area contributed by atoms with Crippen molar-refractivity contribution >= 4 is 0 Å². The highest BCUT2D eigenvalue weighted by atomic mass is 16.8. The molecule has 26 nitrogen and oxygen atoms in total. The lowest BCUT2D eigenvalue weighted by atomic mass is 9.35. The second kappa shape index (κ2) is 25.8. The molecule has 33 atom stereocenters. The van der Waals surface area contributed by atoms with E-state index >= 15 is 0 Å². The summed E-state index contributed by atoms with van der Waals surface area (Å²) in [5, 5.41) is 174. The van der Waals surface area contributed by atoms with Gasteiger partial charge in [-0.15, -0.1) is 0 Å². The molecular formula is C58H98O26. The zero-order valence-corrected chi connectivity index (χ0v) is 49.5. The molecule has 0 aromatic rings. The van der Waals surface area contributed by atoms with Gasteiger partial charge in [0.15, 0.2) is 31.5 Å². The molecule has 5 heterocycles. The number of hydrogen-bond donors (Lipinski definition) is 16. The molecule has 0 aromatic carbocycles. The van der Waals surface area contributed by atoms with Gasteiger partial charge in [-0.05, 0) is 124 Å². The van der Waals surface area contributed by atoms with Gasteiger partial charge in [-0.25, -0.2) is 0 Å². The Morgan fingerprint density at radius 2 is 1.11 bits per heavy atom. The molecule has 26 heteroatoms. The smallest absolute Gasteiger partial charge is 0.190 e. The molecule has 9 fully saturated rings. The molecule has 84 heavy (non-hydrogen) atoms. The first-order chi connectivity index (χ1) is 39.4. The molecule has 0 radical (unpaired) electrons. The van der Waals surface area contributed by atoms with Crippen molar-refractivity contribution in [2.75, 3.05) is 33.0 Å². The van der Waals surface area contributed by atoms with E-state index in [0.717, 1.165) is 24.8 Å². The summed E-state index contributed by atoms with van der Waals surface area (Å²) in [4.78, 5) is 0. The molecule has 0 bridgehead atoms. The van der Waals surface area contributed by atoms with Crippen LogP contribution in [-0.2, 0) is 47.4 Å². The topological polar surface area (TPSA) is 416 Å². The van der Waals surface area contributed by atoms with Crippen LogP contribution in [0.15, 0.2) is 11.6 Å². The van der Waals surface area contributed by atoms with Gasteiger partial charge in [0, 0.05) is 0 Å². The van der Waals surface area contributed by atoms with E-state index in [2.05, 4.69) is 40.7 Å². The largest absolute Gasteiger partial charge is 0.394 e. The molecule has 9 aliphatic rings. The van der Waals surface area contributed by atoms with Gasteiger partial charge in [-0.3, -0.25) is 0 Å². The van der Waals surface area contributed by atoms with Crippen LogP contribution in [0.5, 0.6) is 0 Å². The molecule has 9 rings (SSSR count). The Hall–Kier alpha value is -1.30. The minimum Gasteiger partial charge on any atom is -0.394 e. The Bertz CT molecular complexity index is 2210. The average Bonchev–Trinajstić information content (AvgIpc) is 1.22. The molecular weight excluding hydrogens is 1110 g/mol. The summed E-state index contributed by atoms with van der Waals surface area (Å²) in [5.41, 5.74) is -1.71. The zero-order valence-electron chi connectivity index (χ0n) is 49.5. The fraction of sp³-hybridized carbons (Fsp3) is 0.966. The fourth-order valence-electron chi connectivity index (χ4n) is 17.2. The van der Waals surface area contributed by atoms with Crippen molar-refractivity contribution < 1.29 is 129 Å². The van der Waals surface area contributed by atoms with Crippen molar-refractivity contribution in [3.63, 3.8) is 0 Å². The number of fused-ring (bicyclic) bond motifs is 5. The SMILES string of the molecule is CC(C)=CCCC(C)(OC1OC(COC2OCC(OC3OCC(O)C(O)C3O)C(O)C2O)C(O)C(O)C1O)C1CCC2(C)C1C(O)CC1C3(C)CCC(OC4C(OC5OC(CO)C(O)C(O)C5O)OC(CO)C(O)C4O)C(C)(C)C3CCC12C. The molecule has 4 saturated carbocycles. The van der Waals surface area contributed by atoms with Crippen LogP contribution in [0.2, 0.25) is 0 Å². The molecule has 5 saturated heterocycles. The molecule has 33 unspecified atom stereocenters. The Morgan fingerprint density at radius 3 is 1.76 bits per heavy atom. The summed E-state index contributed by atoms with van der Waals surface area (Å²) in [6, 6.07) is 0. The van der Waals surface area contributed by atoms with Gasteiger partial charge in [0.05, 0.1) is 50.8 Å². The van der Waals surface area contributed by atoms with Gasteiger partial charge in [-0.2, -0.15) is 0 Å². The van der Waals surface area contributed by atoms with Crippen molar-refractivity contribution in [2.24, 2.45) is 45.3 Å². The van der Waals surface area contributed by atoms with Crippen LogP contribution in [0.1, 0.15) is 113 Å². The number of aliphatic hydroxyl groups excluding tert-OH is 16. The third kappa shape index (κ3) is 12.0. The third-order valence-corrected chi connectivity index (χ3v) is 22.2. The average molecular weight is 1210 g/mol. The van der Waals surface area contributed by atoms with E-state index in [9.17, 15) is 81.7 Å². The van der Waals surface area contributed by atoms with Gasteiger partial charge in [0.1, 0.15) is 110 Å². The second-order valence-corrected chi connectivity index (χ2v) is 27.7. The first kappa shape index (κ1) is 67.1. The minimum absolute atomic E-state index is 0.0157. The summed E-state index contributed by atoms with van der Waals surface area (Å²) in [7, 11) is 0. The van der Waals surface area contributed by atoms with Crippen molar-refractivity contribution in [1.82, 2.24) is 0 Å². The Kier molecular flexibility index (Phi) is 20.6. The lowest BCUT2D eigenvalue weighted by molar-refractivity contribution is -0.386. The van der Waals surface area contributed by atoms with Crippen LogP contribution in [-0.4, -0.2) is 274 Å². The number of rotatable bonds is 17. The molecule has 5 aliphatic heterocycles. The quantitative estimate of drug-likeness (QED) is 0.0642. The highest BCUT2D eigenvalue weighted by Gasteiger charge is 2.72. The van der Waals surface area contributed by atoms with Crippen molar-refractivity contribution in [2.45, 2.75) is 272 Å². The summed E-state index contributed by atoms with van der Waals surface area (Å²) in [6.45, 7) is 14.4. The van der Waals surface area contributed by atoms with E-state index in [4.69, 9.17) is 47.4 Å². The van der Waals surface area contributed by atoms with Crippen molar-refractivity contribution in [1.29, 1.82) is 0 Å². The van der Waals surface area contributed by atoms with Gasteiger partial charge >= 0.3 is 0 Å². The van der Waals surface area contributed by atoms with Gasteiger partial charge in [0.25, 0.3) is 0 Å². The standard InChI is InChI=1S/C58H98O26/c1-24(2)10-9-14-58(8,84-52-47(74)42(69)39(66)30(81-52)22-76-49-45(72)40(67)31(23-77-49)80-50-44(71)36(63)27(62)21-75-50)25-11-16-57(7)35(25)26(61)18-33-55(5)15-13-34(54(3,4)32(55)12-17-56(33,57)6)82-48-43(70)38(65)29(20-60)79-53(48)83-51-46(73)41(68)37(64)28(19-59)78-51/h10,25-53,59-74H,9,11-23H2,1-8H3. The highest BCUT2D eigenvalue weighted by Crippen LogP contribution is 2.76. The third-order valence-electron chi connectivity index (χ3n) is 22.2. The Labute approximate surface area is 490 Å². The van der Waals surface area contributed by atoms with Crippen LogP contribution in [0.3, 0.4) is 0 Å². The summed E-state index contributed by atoms with van der Waals surface area (Å²) in [6.07, 6.45) is -29.7. The number of allylic oxidation sites excluding steroid dienone is 2. The normalized spacial score (nSPS) is 53.0. The molecule has 16 N–H and O–H groups in total. The summed E-state index contributed by atoms with van der Waals surface area (Å²) in [5.74, 6) is -0.554. The van der Waals surface area contributed by atoms with Crippen molar-refractivity contribution in [3.8, 4) is 0 Å². The first-order valence-electron chi connectivity index (χ1n) is 30.2. The van der Waals surface area contributed by atoms with Crippen LogP contribution < -0.4 is 0 Å². The van der Waals surface area contributed by atoms with Crippen LogP contribution in [0.4, 0.5) is 0 Å².